The number of carbonyl (C=O) groups is 2. The highest BCUT2D eigenvalue weighted by Gasteiger charge is 2.14. The van der Waals surface area contributed by atoms with Crippen molar-refractivity contribution in [1.29, 1.82) is 0 Å². The van der Waals surface area contributed by atoms with Crippen LogP contribution in [0.25, 0.3) is 0 Å². The molecule has 0 aliphatic heterocycles. The molecule has 1 unspecified atom stereocenters. The van der Waals surface area contributed by atoms with Crippen molar-refractivity contribution in [3.05, 3.63) is 65.0 Å². The number of ether oxygens (including phenoxy) is 1. The average Bonchev–Trinajstić information content (AvgIpc) is 2.64. The molecule has 0 bridgehead atoms. The average molecular weight is 358 g/mol. The molecule has 136 valence electrons. The van der Waals surface area contributed by atoms with Crippen LogP contribution in [0.2, 0.25) is 0 Å². The number of benzene rings is 2. The zero-order valence-corrected chi connectivity index (χ0v) is 14.7. The Morgan fingerprint density at radius 3 is 2.50 bits per heavy atom. The summed E-state index contributed by atoms with van der Waals surface area (Å²) in [6.45, 7) is 3.16. The summed E-state index contributed by atoms with van der Waals surface area (Å²) in [6.07, 6.45) is 0.543. The zero-order chi connectivity index (χ0) is 19.1. The number of halogens is 1. The third kappa shape index (κ3) is 5.14. The lowest BCUT2D eigenvalue weighted by atomic mass is 10.1. The highest BCUT2D eigenvalue weighted by molar-refractivity contribution is 5.94. The second kappa shape index (κ2) is 8.75. The van der Waals surface area contributed by atoms with Crippen LogP contribution in [0.3, 0.4) is 0 Å². The van der Waals surface area contributed by atoms with Gasteiger partial charge in [0.15, 0.2) is 0 Å². The first kappa shape index (κ1) is 19.1. The van der Waals surface area contributed by atoms with Crippen LogP contribution in [-0.2, 0) is 14.4 Å². The van der Waals surface area contributed by atoms with Gasteiger partial charge in [0.1, 0.15) is 5.82 Å². The Labute approximate surface area is 150 Å². The fourth-order valence-corrected chi connectivity index (χ4v) is 1.97. The van der Waals surface area contributed by atoms with Crippen molar-refractivity contribution < 1.29 is 23.6 Å². The van der Waals surface area contributed by atoms with E-state index >= 15 is 0 Å². The van der Waals surface area contributed by atoms with E-state index in [2.05, 4.69) is 15.2 Å². The van der Waals surface area contributed by atoms with E-state index in [0.29, 0.717) is 22.4 Å². The molecule has 6 nitrogen and oxygen atoms in total. The third-order valence-electron chi connectivity index (χ3n) is 3.56. The number of oxime groups is 1. The van der Waals surface area contributed by atoms with E-state index in [4.69, 9.17) is 4.84 Å². The van der Waals surface area contributed by atoms with Gasteiger partial charge in [-0.3, -0.25) is 4.79 Å². The molecule has 0 radical (unpaired) electrons. The minimum atomic E-state index is -0.870. The highest BCUT2D eigenvalue weighted by atomic mass is 19.1. The van der Waals surface area contributed by atoms with Gasteiger partial charge in [0.25, 0.3) is 5.91 Å². The molecule has 0 fully saturated rings. The lowest BCUT2D eigenvalue weighted by molar-refractivity contribution is -0.126. The number of rotatable bonds is 6. The molecule has 0 aliphatic carbocycles. The van der Waals surface area contributed by atoms with Crippen molar-refractivity contribution in [3.63, 3.8) is 0 Å². The van der Waals surface area contributed by atoms with Gasteiger partial charge < -0.3 is 14.9 Å². The number of amides is 1. The lowest BCUT2D eigenvalue weighted by Gasteiger charge is -2.11. The molecule has 0 aliphatic rings. The quantitative estimate of drug-likeness (QED) is 0.488. The van der Waals surface area contributed by atoms with Crippen molar-refractivity contribution >= 4 is 23.8 Å². The lowest BCUT2D eigenvalue weighted by Crippen LogP contribution is -2.26. The summed E-state index contributed by atoms with van der Waals surface area (Å²) >= 11 is 0. The van der Waals surface area contributed by atoms with Crippen molar-refractivity contribution in [3.8, 4) is 0 Å². The van der Waals surface area contributed by atoms with Crippen LogP contribution in [0.4, 0.5) is 10.1 Å². The first-order valence-corrected chi connectivity index (χ1v) is 7.85. The molecule has 0 aromatic heterocycles. The van der Waals surface area contributed by atoms with Gasteiger partial charge in [0, 0.05) is 5.69 Å². The van der Waals surface area contributed by atoms with Crippen molar-refractivity contribution in [2.24, 2.45) is 5.16 Å². The number of carbonyl (C=O) groups excluding carboxylic acids is 2. The summed E-state index contributed by atoms with van der Waals surface area (Å²) in [6, 6.07) is 10.9. The maximum Gasteiger partial charge on any atom is 0.337 e. The second-order valence-electron chi connectivity index (χ2n) is 5.55. The zero-order valence-electron chi connectivity index (χ0n) is 14.7. The summed E-state index contributed by atoms with van der Waals surface area (Å²) in [5.41, 5.74) is 1.94. The monoisotopic (exact) mass is 358 g/mol. The topological polar surface area (TPSA) is 77.0 Å². The van der Waals surface area contributed by atoms with E-state index in [0.717, 1.165) is 0 Å². The fraction of sp³-hybridized carbons (Fsp3) is 0.211. The molecular weight excluding hydrogens is 339 g/mol. The molecule has 2 aromatic rings. The van der Waals surface area contributed by atoms with Crippen LogP contribution in [0.1, 0.15) is 28.4 Å². The highest BCUT2D eigenvalue weighted by Crippen LogP contribution is 2.14. The first-order valence-electron chi connectivity index (χ1n) is 7.85. The predicted octanol–water partition coefficient (Wildman–Crippen LogP) is 3.30. The standard InChI is InChI=1S/C19H19FN2O4/c1-12-4-9-16(10-17(12)20)22-18(23)13(2)26-21-11-14-5-7-15(8-6-14)19(24)25-3/h4-11,13H,1-3H3,(H,22,23)/b21-11+. The first-order chi connectivity index (χ1) is 12.4. The smallest absolute Gasteiger partial charge is 0.337 e. The molecular formula is C19H19FN2O4. The Hall–Kier alpha value is -3.22. The minimum Gasteiger partial charge on any atom is -0.465 e. The van der Waals surface area contributed by atoms with Crippen LogP contribution in [0, 0.1) is 12.7 Å². The Morgan fingerprint density at radius 1 is 1.19 bits per heavy atom. The van der Waals surface area contributed by atoms with Crippen LogP contribution < -0.4 is 5.32 Å². The Morgan fingerprint density at radius 2 is 1.88 bits per heavy atom. The van der Waals surface area contributed by atoms with Crippen molar-refractivity contribution in [2.75, 3.05) is 12.4 Å². The summed E-state index contributed by atoms with van der Waals surface area (Å²) in [4.78, 5) is 28.5. The van der Waals surface area contributed by atoms with E-state index < -0.39 is 23.8 Å². The number of anilines is 1. The molecule has 2 aromatic carbocycles. The molecule has 1 atom stereocenters. The molecule has 1 N–H and O–H groups in total. The SMILES string of the molecule is COC(=O)c1ccc(/C=N/OC(C)C(=O)Nc2ccc(C)c(F)c2)cc1. The summed E-state index contributed by atoms with van der Waals surface area (Å²) in [5.74, 6) is -1.28. The van der Waals surface area contributed by atoms with Crippen molar-refractivity contribution in [2.45, 2.75) is 20.0 Å². The van der Waals surface area contributed by atoms with Crippen LogP contribution >= 0.6 is 0 Å². The maximum absolute atomic E-state index is 13.5. The van der Waals surface area contributed by atoms with Crippen molar-refractivity contribution in [1.82, 2.24) is 0 Å². The number of aryl methyl sites for hydroxylation is 1. The largest absolute Gasteiger partial charge is 0.465 e. The predicted molar refractivity (Wildman–Crippen MR) is 95.7 cm³/mol. The summed E-state index contributed by atoms with van der Waals surface area (Å²) < 4.78 is 18.1. The van der Waals surface area contributed by atoms with Gasteiger partial charge in [0.2, 0.25) is 6.10 Å². The molecule has 2 rings (SSSR count). The van der Waals surface area contributed by atoms with Crippen LogP contribution in [0.15, 0.2) is 47.6 Å². The molecule has 7 heteroatoms. The van der Waals surface area contributed by atoms with Crippen LogP contribution in [-0.4, -0.2) is 31.3 Å². The fourth-order valence-electron chi connectivity index (χ4n) is 1.97. The van der Waals surface area contributed by atoms with Gasteiger partial charge in [-0.05, 0) is 49.2 Å². The molecule has 0 heterocycles. The van der Waals surface area contributed by atoms with Gasteiger partial charge in [0.05, 0.1) is 18.9 Å². The van der Waals surface area contributed by atoms with E-state index in [-0.39, 0.29) is 0 Å². The maximum atomic E-state index is 13.5. The van der Waals surface area contributed by atoms with E-state index in [1.54, 1.807) is 43.3 Å². The summed E-state index contributed by atoms with van der Waals surface area (Å²) in [7, 11) is 1.31. The molecule has 26 heavy (non-hydrogen) atoms. The number of esters is 1. The minimum absolute atomic E-state index is 0.343. The molecule has 1 amide bonds. The Balaban J connectivity index is 1.89. The van der Waals surface area contributed by atoms with Gasteiger partial charge in [-0.1, -0.05) is 23.4 Å². The number of hydrogen-bond acceptors (Lipinski definition) is 5. The van der Waals surface area contributed by atoms with Gasteiger partial charge in [-0.2, -0.15) is 0 Å². The summed E-state index contributed by atoms with van der Waals surface area (Å²) in [5, 5.41) is 6.31. The number of methoxy groups -OCH3 is 1. The Bertz CT molecular complexity index is 819. The second-order valence-corrected chi connectivity index (χ2v) is 5.55. The van der Waals surface area contributed by atoms with Gasteiger partial charge >= 0.3 is 5.97 Å². The number of nitrogens with zero attached hydrogens (tertiary/aromatic N) is 1. The van der Waals surface area contributed by atoms with E-state index in [9.17, 15) is 14.0 Å². The van der Waals surface area contributed by atoms with E-state index in [1.807, 2.05) is 0 Å². The molecule has 0 saturated heterocycles. The number of hydrogen-bond donors (Lipinski definition) is 1. The third-order valence-corrected chi connectivity index (χ3v) is 3.56. The van der Waals surface area contributed by atoms with Gasteiger partial charge in [-0.25, -0.2) is 9.18 Å². The molecule has 0 spiro atoms. The van der Waals surface area contributed by atoms with E-state index in [1.165, 1.54) is 26.3 Å². The Kier molecular flexibility index (Phi) is 6.43. The molecule has 0 saturated carbocycles. The normalized spacial score (nSPS) is 11.8. The van der Waals surface area contributed by atoms with Gasteiger partial charge in [-0.15, -0.1) is 0 Å². The number of nitrogens with one attached hydrogen (secondary N) is 1. The van der Waals surface area contributed by atoms with Crippen LogP contribution in [0.5, 0.6) is 0 Å².